The lowest BCUT2D eigenvalue weighted by atomic mass is 10.1. The molecule has 1 aliphatic rings. The van der Waals surface area contributed by atoms with Crippen LogP contribution >= 0.6 is 0 Å². The van der Waals surface area contributed by atoms with Crippen LogP contribution in [-0.2, 0) is 6.54 Å². The molecule has 2 amide bonds. The summed E-state index contributed by atoms with van der Waals surface area (Å²) >= 11 is 0. The van der Waals surface area contributed by atoms with Gasteiger partial charge in [0.05, 0.1) is 12.2 Å². The molecular weight excluding hydrogens is 396 g/mol. The molecule has 1 saturated heterocycles. The summed E-state index contributed by atoms with van der Waals surface area (Å²) < 4.78 is 6.59. The third-order valence-electron chi connectivity index (χ3n) is 5.38. The lowest BCUT2D eigenvalue weighted by Crippen LogP contribution is -2.51. The first-order valence-electron chi connectivity index (χ1n) is 10.2. The molecule has 3 aromatic rings. The average molecular weight is 420 g/mol. The predicted octanol–water partition coefficient (Wildman–Crippen LogP) is 2.10. The van der Waals surface area contributed by atoms with Crippen molar-refractivity contribution in [3.8, 4) is 0 Å². The fourth-order valence-corrected chi connectivity index (χ4v) is 3.73. The Hall–Kier alpha value is -3.68. The number of aromatic nitrogens is 2. The van der Waals surface area contributed by atoms with Gasteiger partial charge < -0.3 is 18.9 Å². The van der Waals surface area contributed by atoms with Crippen molar-refractivity contribution in [2.45, 2.75) is 20.4 Å². The van der Waals surface area contributed by atoms with Gasteiger partial charge in [0.1, 0.15) is 5.56 Å². The predicted molar refractivity (Wildman–Crippen MR) is 114 cm³/mol. The minimum Gasteiger partial charge on any atom is -0.351 e. The Morgan fingerprint density at radius 3 is 2.32 bits per heavy atom. The van der Waals surface area contributed by atoms with Gasteiger partial charge in [-0.1, -0.05) is 35.0 Å². The highest BCUT2D eigenvalue weighted by Crippen LogP contribution is 2.12. The van der Waals surface area contributed by atoms with Crippen LogP contribution in [0.2, 0.25) is 0 Å². The summed E-state index contributed by atoms with van der Waals surface area (Å²) in [6.45, 7) is 5.60. The number of piperazine rings is 1. The first-order valence-corrected chi connectivity index (χ1v) is 10.2. The molecule has 0 spiro atoms. The summed E-state index contributed by atoms with van der Waals surface area (Å²) in [5.41, 5.74) is 2.58. The van der Waals surface area contributed by atoms with Gasteiger partial charge in [-0.2, -0.15) is 0 Å². The van der Waals surface area contributed by atoms with Gasteiger partial charge in [-0.3, -0.25) is 14.4 Å². The van der Waals surface area contributed by atoms with E-state index in [1.54, 1.807) is 45.7 Å². The summed E-state index contributed by atoms with van der Waals surface area (Å²) in [6.07, 6.45) is 1.69. The fourth-order valence-electron chi connectivity index (χ4n) is 3.73. The van der Waals surface area contributed by atoms with Gasteiger partial charge in [-0.15, -0.1) is 0 Å². The molecule has 160 valence electrons. The molecule has 1 fully saturated rings. The van der Waals surface area contributed by atoms with Gasteiger partial charge in [0.25, 0.3) is 17.4 Å². The Bertz CT molecular complexity index is 1170. The average Bonchev–Trinajstić information content (AvgIpc) is 3.21. The number of pyridine rings is 1. The summed E-state index contributed by atoms with van der Waals surface area (Å²) in [7, 11) is 0. The van der Waals surface area contributed by atoms with Gasteiger partial charge in [-0.25, -0.2) is 0 Å². The second-order valence-corrected chi connectivity index (χ2v) is 7.76. The van der Waals surface area contributed by atoms with Gasteiger partial charge in [-0.05, 0) is 31.5 Å². The lowest BCUT2D eigenvalue weighted by molar-refractivity contribution is 0.0511. The third-order valence-corrected chi connectivity index (χ3v) is 5.38. The maximum absolute atomic E-state index is 13.0. The highest BCUT2D eigenvalue weighted by Gasteiger charge is 2.28. The highest BCUT2D eigenvalue weighted by atomic mass is 16.5. The standard InChI is InChI=1S/C23H24N4O4/c1-16-5-3-6-18(13-16)15-27-8-4-7-19(22(27)29)21(28)25-9-11-26(12-10-25)23(30)20-14-17(2)24-31-20/h3-8,13-14H,9-12,15H2,1-2H3. The van der Waals surface area contributed by atoms with Crippen molar-refractivity contribution in [2.24, 2.45) is 0 Å². The van der Waals surface area contributed by atoms with Gasteiger partial charge in [0, 0.05) is 38.4 Å². The Kier molecular flexibility index (Phi) is 5.70. The van der Waals surface area contributed by atoms with E-state index in [0.29, 0.717) is 38.4 Å². The van der Waals surface area contributed by atoms with E-state index in [1.165, 1.54) is 0 Å². The van der Waals surface area contributed by atoms with E-state index in [1.807, 2.05) is 31.2 Å². The maximum atomic E-state index is 13.0. The van der Waals surface area contributed by atoms with Crippen molar-refractivity contribution in [1.29, 1.82) is 0 Å². The van der Waals surface area contributed by atoms with Crippen LogP contribution in [0.1, 0.15) is 37.7 Å². The fraction of sp³-hybridized carbons (Fsp3) is 0.304. The quantitative estimate of drug-likeness (QED) is 0.645. The van der Waals surface area contributed by atoms with Crippen molar-refractivity contribution < 1.29 is 14.1 Å². The summed E-state index contributed by atoms with van der Waals surface area (Å²) in [5.74, 6) is -0.363. The van der Waals surface area contributed by atoms with Crippen LogP contribution in [0.5, 0.6) is 0 Å². The van der Waals surface area contributed by atoms with Crippen molar-refractivity contribution in [3.63, 3.8) is 0 Å². The summed E-state index contributed by atoms with van der Waals surface area (Å²) in [5, 5.41) is 3.74. The zero-order valence-electron chi connectivity index (χ0n) is 17.6. The van der Waals surface area contributed by atoms with E-state index < -0.39 is 0 Å². The first-order chi connectivity index (χ1) is 14.9. The van der Waals surface area contributed by atoms with Crippen LogP contribution < -0.4 is 5.56 Å². The Morgan fingerprint density at radius 2 is 1.68 bits per heavy atom. The number of carbonyl (C=O) groups is 2. The van der Waals surface area contributed by atoms with E-state index in [-0.39, 0.29) is 28.7 Å². The van der Waals surface area contributed by atoms with E-state index in [4.69, 9.17) is 4.52 Å². The van der Waals surface area contributed by atoms with Crippen molar-refractivity contribution in [2.75, 3.05) is 26.2 Å². The Morgan fingerprint density at radius 1 is 0.968 bits per heavy atom. The van der Waals surface area contributed by atoms with Gasteiger partial charge in [0.15, 0.2) is 0 Å². The molecule has 3 heterocycles. The van der Waals surface area contributed by atoms with Crippen LogP contribution in [0, 0.1) is 13.8 Å². The Balaban J connectivity index is 1.44. The number of carbonyl (C=O) groups excluding carboxylic acids is 2. The molecular formula is C23H24N4O4. The summed E-state index contributed by atoms with van der Waals surface area (Å²) in [4.78, 5) is 41.7. The monoisotopic (exact) mass is 420 g/mol. The van der Waals surface area contributed by atoms with Crippen LogP contribution in [0.4, 0.5) is 0 Å². The number of rotatable bonds is 4. The number of aryl methyl sites for hydroxylation is 2. The molecule has 0 radical (unpaired) electrons. The Labute approximate surface area is 179 Å². The van der Waals surface area contributed by atoms with Crippen molar-refractivity contribution in [3.05, 3.63) is 87.2 Å². The van der Waals surface area contributed by atoms with Crippen LogP contribution in [-0.4, -0.2) is 57.5 Å². The van der Waals surface area contributed by atoms with Crippen molar-refractivity contribution in [1.82, 2.24) is 19.5 Å². The van der Waals surface area contributed by atoms with Crippen molar-refractivity contribution >= 4 is 11.8 Å². The van der Waals surface area contributed by atoms with E-state index in [0.717, 1.165) is 11.1 Å². The number of benzene rings is 1. The number of hydrogen-bond acceptors (Lipinski definition) is 5. The normalized spacial score (nSPS) is 14.0. The first kappa shape index (κ1) is 20.6. The van der Waals surface area contributed by atoms with Gasteiger partial charge in [0.2, 0.25) is 5.76 Å². The lowest BCUT2D eigenvalue weighted by Gasteiger charge is -2.34. The molecule has 4 rings (SSSR count). The molecule has 8 nitrogen and oxygen atoms in total. The minimum atomic E-state index is -0.315. The number of amides is 2. The topological polar surface area (TPSA) is 88.7 Å². The molecule has 31 heavy (non-hydrogen) atoms. The largest absolute Gasteiger partial charge is 0.351 e. The van der Waals surface area contributed by atoms with E-state index >= 15 is 0 Å². The minimum absolute atomic E-state index is 0.140. The summed E-state index contributed by atoms with van der Waals surface area (Å²) in [6, 6.07) is 12.8. The van der Waals surface area contributed by atoms with E-state index in [2.05, 4.69) is 5.16 Å². The zero-order chi connectivity index (χ0) is 22.0. The molecule has 0 atom stereocenters. The number of nitrogens with zero attached hydrogens (tertiary/aromatic N) is 4. The molecule has 8 heteroatoms. The molecule has 0 bridgehead atoms. The van der Waals surface area contributed by atoms with E-state index in [9.17, 15) is 14.4 Å². The maximum Gasteiger partial charge on any atom is 0.292 e. The highest BCUT2D eigenvalue weighted by molar-refractivity contribution is 5.94. The van der Waals surface area contributed by atoms with Crippen LogP contribution in [0.25, 0.3) is 0 Å². The van der Waals surface area contributed by atoms with Gasteiger partial charge >= 0.3 is 0 Å². The second-order valence-electron chi connectivity index (χ2n) is 7.76. The molecule has 0 aliphatic carbocycles. The SMILES string of the molecule is Cc1cccc(Cn2cccc(C(=O)N3CCN(C(=O)c4cc(C)no4)CC3)c2=O)c1. The molecule has 2 aromatic heterocycles. The molecule has 1 aromatic carbocycles. The van der Waals surface area contributed by atoms with Crippen LogP contribution in [0.15, 0.2) is 58.0 Å². The third kappa shape index (κ3) is 4.42. The molecule has 0 unspecified atom stereocenters. The van der Waals surface area contributed by atoms with Crippen LogP contribution in [0.3, 0.4) is 0 Å². The number of hydrogen-bond donors (Lipinski definition) is 0. The molecule has 1 aliphatic heterocycles. The molecule has 0 saturated carbocycles. The second kappa shape index (κ2) is 8.59. The zero-order valence-corrected chi connectivity index (χ0v) is 17.6. The molecule has 0 N–H and O–H groups in total. The smallest absolute Gasteiger partial charge is 0.292 e.